The van der Waals surface area contributed by atoms with Crippen LogP contribution >= 0.6 is 0 Å². The standard InChI is InChI=1S/C19H24N2O2/c1-13-5-4-6-14-7-8-16(21-17(13)14)18(23-12-22)15-9-10-20-11-19(15,2)3/h4-8,12,15,18,20H,9-11H2,1-3H3. The lowest BCUT2D eigenvalue weighted by atomic mass is 9.71. The minimum Gasteiger partial charge on any atom is -0.458 e. The zero-order valence-electron chi connectivity index (χ0n) is 14.0. The first-order valence-corrected chi connectivity index (χ1v) is 8.19. The van der Waals surface area contributed by atoms with Crippen molar-refractivity contribution in [1.29, 1.82) is 0 Å². The first-order chi connectivity index (χ1) is 11.0. The Morgan fingerprint density at radius 1 is 1.35 bits per heavy atom. The van der Waals surface area contributed by atoms with Crippen molar-refractivity contribution in [2.45, 2.75) is 33.3 Å². The summed E-state index contributed by atoms with van der Waals surface area (Å²) in [7, 11) is 0. The second-order valence-corrected chi connectivity index (χ2v) is 7.10. The van der Waals surface area contributed by atoms with Crippen molar-refractivity contribution in [2.24, 2.45) is 11.3 Å². The van der Waals surface area contributed by atoms with Crippen LogP contribution in [0.4, 0.5) is 0 Å². The van der Waals surface area contributed by atoms with E-state index in [-0.39, 0.29) is 17.4 Å². The summed E-state index contributed by atoms with van der Waals surface area (Å²) >= 11 is 0. The molecule has 4 nitrogen and oxygen atoms in total. The second kappa shape index (κ2) is 6.28. The molecule has 1 aromatic heterocycles. The highest BCUT2D eigenvalue weighted by molar-refractivity contribution is 5.81. The Morgan fingerprint density at radius 2 is 2.17 bits per heavy atom. The van der Waals surface area contributed by atoms with Crippen LogP contribution in [0.5, 0.6) is 0 Å². The van der Waals surface area contributed by atoms with Crippen LogP contribution in [0.2, 0.25) is 0 Å². The number of piperidine rings is 1. The van der Waals surface area contributed by atoms with Crippen LogP contribution in [0.15, 0.2) is 30.3 Å². The minimum absolute atomic E-state index is 0.0499. The molecular weight excluding hydrogens is 288 g/mol. The maximum absolute atomic E-state index is 11.1. The lowest BCUT2D eigenvalue weighted by molar-refractivity contribution is -0.140. The predicted octanol–water partition coefficient (Wildman–Crippen LogP) is 3.39. The summed E-state index contributed by atoms with van der Waals surface area (Å²) in [5.41, 5.74) is 3.02. The van der Waals surface area contributed by atoms with Crippen molar-refractivity contribution < 1.29 is 9.53 Å². The molecule has 0 aliphatic carbocycles. The largest absolute Gasteiger partial charge is 0.458 e. The van der Waals surface area contributed by atoms with Gasteiger partial charge < -0.3 is 10.1 Å². The number of hydrogen-bond acceptors (Lipinski definition) is 4. The Hall–Kier alpha value is -1.94. The molecule has 0 saturated carbocycles. The third kappa shape index (κ3) is 3.08. The number of pyridine rings is 1. The molecule has 1 fully saturated rings. The summed E-state index contributed by atoms with van der Waals surface area (Å²) < 4.78 is 5.52. The summed E-state index contributed by atoms with van der Waals surface area (Å²) in [6, 6.07) is 10.2. The normalized spacial score (nSPS) is 21.8. The number of rotatable bonds is 4. The summed E-state index contributed by atoms with van der Waals surface area (Å²) in [5, 5.41) is 4.54. The van der Waals surface area contributed by atoms with Gasteiger partial charge in [0, 0.05) is 17.8 Å². The van der Waals surface area contributed by atoms with Crippen molar-refractivity contribution >= 4 is 17.4 Å². The van der Waals surface area contributed by atoms with E-state index in [0.717, 1.165) is 41.7 Å². The molecule has 0 bridgehead atoms. The maximum Gasteiger partial charge on any atom is 0.293 e. The van der Waals surface area contributed by atoms with E-state index in [0.29, 0.717) is 6.47 Å². The number of ether oxygens (including phenoxy) is 1. The Morgan fingerprint density at radius 3 is 2.91 bits per heavy atom. The number of aryl methyl sites for hydroxylation is 1. The fraction of sp³-hybridized carbons (Fsp3) is 0.474. The summed E-state index contributed by atoms with van der Waals surface area (Å²) in [5.74, 6) is 0.253. The fourth-order valence-electron chi connectivity index (χ4n) is 3.65. The molecule has 3 rings (SSSR count). The van der Waals surface area contributed by atoms with Gasteiger partial charge in [-0.2, -0.15) is 0 Å². The van der Waals surface area contributed by atoms with Gasteiger partial charge in [0.15, 0.2) is 0 Å². The number of para-hydroxylation sites is 1. The first-order valence-electron chi connectivity index (χ1n) is 8.19. The molecule has 2 unspecified atom stereocenters. The van der Waals surface area contributed by atoms with Crippen molar-refractivity contribution in [3.8, 4) is 0 Å². The minimum atomic E-state index is -0.298. The average molecular weight is 312 g/mol. The zero-order chi connectivity index (χ0) is 16.4. The smallest absolute Gasteiger partial charge is 0.293 e. The number of benzene rings is 1. The third-order valence-electron chi connectivity index (χ3n) is 5.02. The van der Waals surface area contributed by atoms with Crippen molar-refractivity contribution in [3.05, 3.63) is 41.6 Å². The van der Waals surface area contributed by atoms with Gasteiger partial charge in [-0.25, -0.2) is 4.98 Å². The number of aromatic nitrogens is 1. The van der Waals surface area contributed by atoms with E-state index in [1.54, 1.807) is 0 Å². The molecule has 1 aromatic carbocycles. The quantitative estimate of drug-likeness (QED) is 0.879. The number of carbonyl (C=O) groups is 1. The molecule has 0 spiro atoms. The number of fused-ring (bicyclic) bond motifs is 1. The monoisotopic (exact) mass is 312 g/mol. The molecule has 2 heterocycles. The topological polar surface area (TPSA) is 51.2 Å². The predicted molar refractivity (Wildman–Crippen MR) is 91.1 cm³/mol. The number of nitrogens with one attached hydrogen (secondary N) is 1. The van der Waals surface area contributed by atoms with Gasteiger partial charge in [0.2, 0.25) is 0 Å². The van der Waals surface area contributed by atoms with Crippen LogP contribution < -0.4 is 5.32 Å². The average Bonchev–Trinajstić information content (AvgIpc) is 2.53. The van der Waals surface area contributed by atoms with Crippen molar-refractivity contribution in [1.82, 2.24) is 10.3 Å². The van der Waals surface area contributed by atoms with Gasteiger partial charge in [-0.3, -0.25) is 4.79 Å². The van der Waals surface area contributed by atoms with Crippen LogP contribution in [0.25, 0.3) is 10.9 Å². The second-order valence-electron chi connectivity index (χ2n) is 7.10. The van der Waals surface area contributed by atoms with Gasteiger partial charge in [-0.15, -0.1) is 0 Å². The Balaban J connectivity index is 2.04. The van der Waals surface area contributed by atoms with Gasteiger partial charge in [0.1, 0.15) is 6.10 Å². The van der Waals surface area contributed by atoms with Gasteiger partial charge in [0.05, 0.1) is 11.2 Å². The van der Waals surface area contributed by atoms with Gasteiger partial charge >= 0.3 is 0 Å². The van der Waals surface area contributed by atoms with Crippen LogP contribution in [0.3, 0.4) is 0 Å². The van der Waals surface area contributed by atoms with Crippen LogP contribution in [0.1, 0.15) is 37.6 Å². The van der Waals surface area contributed by atoms with E-state index < -0.39 is 0 Å². The molecular formula is C19H24N2O2. The Kier molecular flexibility index (Phi) is 4.35. The molecule has 122 valence electrons. The van der Waals surface area contributed by atoms with E-state index in [1.165, 1.54) is 0 Å². The van der Waals surface area contributed by atoms with E-state index >= 15 is 0 Å². The molecule has 0 amide bonds. The molecule has 1 N–H and O–H groups in total. The molecule has 2 aromatic rings. The summed E-state index contributed by atoms with van der Waals surface area (Å²) in [6.07, 6.45) is 0.674. The molecule has 1 aliphatic heterocycles. The maximum atomic E-state index is 11.1. The fourth-order valence-corrected chi connectivity index (χ4v) is 3.65. The lowest BCUT2D eigenvalue weighted by Crippen LogP contribution is -2.45. The van der Waals surface area contributed by atoms with E-state index in [2.05, 4.69) is 44.3 Å². The molecule has 1 aliphatic rings. The van der Waals surface area contributed by atoms with Gasteiger partial charge in [0.25, 0.3) is 6.47 Å². The van der Waals surface area contributed by atoms with Crippen LogP contribution in [0, 0.1) is 18.3 Å². The summed E-state index contributed by atoms with van der Waals surface area (Å²) in [4.78, 5) is 15.9. The molecule has 0 radical (unpaired) electrons. The Bertz CT molecular complexity index is 712. The van der Waals surface area contributed by atoms with Gasteiger partial charge in [-0.05, 0) is 36.9 Å². The molecule has 23 heavy (non-hydrogen) atoms. The Labute approximate surface area is 137 Å². The zero-order valence-corrected chi connectivity index (χ0v) is 14.0. The number of hydrogen-bond donors (Lipinski definition) is 1. The summed E-state index contributed by atoms with van der Waals surface area (Å²) in [6.45, 7) is 8.92. The third-order valence-corrected chi connectivity index (χ3v) is 5.02. The highest BCUT2D eigenvalue weighted by atomic mass is 16.5. The first kappa shape index (κ1) is 15.9. The van der Waals surface area contributed by atoms with E-state index in [1.807, 2.05) is 12.1 Å². The van der Waals surface area contributed by atoms with Crippen LogP contribution in [-0.4, -0.2) is 24.5 Å². The van der Waals surface area contributed by atoms with Crippen LogP contribution in [-0.2, 0) is 9.53 Å². The highest BCUT2D eigenvalue weighted by Crippen LogP contribution is 2.42. The lowest BCUT2D eigenvalue weighted by Gasteiger charge is -2.42. The molecule has 1 saturated heterocycles. The number of carbonyl (C=O) groups excluding carboxylic acids is 1. The molecule has 2 atom stereocenters. The van der Waals surface area contributed by atoms with Gasteiger partial charge in [-0.1, -0.05) is 38.1 Å². The van der Waals surface area contributed by atoms with Crippen molar-refractivity contribution in [3.63, 3.8) is 0 Å². The highest BCUT2D eigenvalue weighted by Gasteiger charge is 2.40. The van der Waals surface area contributed by atoms with E-state index in [4.69, 9.17) is 9.72 Å². The number of nitrogens with zero attached hydrogens (tertiary/aromatic N) is 1. The van der Waals surface area contributed by atoms with E-state index in [9.17, 15) is 4.79 Å². The SMILES string of the molecule is Cc1cccc2ccc(C(OC=O)C3CCNCC3(C)C)nc12. The molecule has 4 heteroatoms. The van der Waals surface area contributed by atoms with Crippen molar-refractivity contribution in [2.75, 3.05) is 13.1 Å².